The van der Waals surface area contributed by atoms with E-state index in [-0.39, 0.29) is 17.1 Å². The van der Waals surface area contributed by atoms with Crippen LogP contribution < -0.4 is 10.2 Å². The van der Waals surface area contributed by atoms with Crippen LogP contribution in [0.15, 0.2) is 60.3 Å². The fourth-order valence-corrected chi connectivity index (χ4v) is 2.90. The number of rotatable bonds is 4. The maximum absolute atomic E-state index is 13.9. The van der Waals surface area contributed by atoms with Gasteiger partial charge in [-0.15, -0.1) is 0 Å². The first kappa shape index (κ1) is 18.3. The van der Waals surface area contributed by atoms with Gasteiger partial charge in [-0.1, -0.05) is 18.2 Å². The van der Waals surface area contributed by atoms with Gasteiger partial charge in [-0.05, 0) is 24.3 Å². The largest absolute Gasteiger partial charge is 0.508 e. The van der Waals surface area contributed by atoms with Crippen molar-refractivity contribution < 1.29 is 14.3 Å². The van der Waals surface area contributed by atoms with Crippen LogP contribution in [0, 0.1) is 17.1 Å². The smallest absolute Gasteiger partial charge is 0.267 e. The van der Waals surface area contributed by atoms with Gasteiger partial charge in [-0.3, -0.25) is 4.79 Å². The van der Waals surface area contributed by atoms with Gasteiger partial charge in [0.15, 0.2) is 0 Å². The lowest BCUT2D eigenvalue weighted by molar-refractivity contribution is -0.112. The molecular formula is C20H19FN4O2. The highest BCUT2D eigenvalue weighted by Gasteiger charge is 2.19. The summed E-state index contributed by atoms with van der Waals surface area (Å²) in [6, 6.07) is 14.6. The molecule has 0 aliphatic carbocycles. The molecule has 0 aromatic heterocycles. The molecule has 0 radical (unpaired) electrons. The van der Waals surface area contributed by atoms with Crippen LogP contribution >= 0.6 is 0 Å². The number of benzene rings is 2. The molecule has 3 rings (SSSR count). The molecule has 1 fully saturated rings. The number of carbonyl (C=O) groups is 1. The Morgan fingerprint density at radius 1 is 1.15 bits per heavy atom. The molecule has 1 heterocycles. The van der Waals surface area contributed by atoms with Crippen molar-refractivity contribution in [2.75, 3.05) is 36.4 Å². The van der Waals surface area contributed by atoms with Crippen molar-refractivity contribution in [1.82, 2.24) is 4.90 Å². The first-order valence-corrected chi connectivity index (χ1v) is 8.52. The van der Waals surface area contributed by atoms with E-state index in [4.69, 9.17) is 0 Å². The third-order valence-corrected chi connectivity index (χ3v) is 4.29. The quantitative estimate of drug-likeness (QED) is 0.642. The molecule has 138 valence electrons. The molecule has 1 aliphatic rings. The Bertz CT molecular complexity index is 899. The van der Waals surface area contributed by atoms with E-state index in [1.807, 2.05) is 15.9 Å². The number of nitrogens with zero attached hydrogens (tertiary/aromatic N) is 3. The normalized spacial score (nSPS) is 14.6. The summed E-state index contributed by atoms with van der Waals surface area (Å²) in [5.74, 6) is -0.774. The summed E-state index contributed by atoms with van der Waals surface area (Å²) in [6.07, 6.45) is 1.52. The summed E-state index contributed by atoms with van der Waals surface area (Å²) < 4.78 is 13.9. The van der Waals surface area contributed by atoms with Crippen molar-refractivity contribution in [2.24, 2.45) is 0 Å². The molecule has 0 atom stereocenters. The molecule has 1 aliphatic heterocycles. The van der Waals surface area contributed by atoms with Crippen LogP contribution in [-0.2, 0) is 4.79 Å². The number of anilines is 2. The minimum atomic E-state index is -0.542. The maximum atomic E-state index is 13.9. The number of para-hydroxylation sites is 1. The lowest BCUT2D eigenvalue weighted by atomic mass is 10.2. The Kier molecular flexibility index (Phi) is 5.57. The Morgan fingerprint density at radius 3 is 2.56 bits per heavy atom. The number of aromatic hydroxyl groups is 1. The zero-order valence-electron chi connectivity index (χ0n) is 14.6. The van der Waals surface area contributed by atoms with Gasteiger partial charge in [0.05, 0.1) is 5.69 Å². The minimum absolute atomic E-state index is 0.0274. The molecule has 2 aromatic rings. The van der Waals surface area contributed by atoms with Crippen LogP contribution in [0.5, 0.6) is 5.75 Å². The van der Waals surface area contributed by atoms with E-state index in [0.717, 1.165) is 0 Å². The molecule has 7 heteroatoms. The number of hydrogen-bond donors (Lipinski definition) is 2. The van der Waals surface area contributed by atoms with Crippen LogP contribution in [0.4, 0.5) is 15.8 Å². The molecular weight excluding hydrogens is 347 g/mol. The number of carbonyl (C=O) groups excluding carboxylic acids is 1. The molecule has 0 spiro atoms. The summed E-state index contributed by atoms with van der Waals surface area (Å²) in [5.41, 5.74) is 0.937. The summed E-state index contributed by atoms with van der Waals surface area (Å²) >= 11 is 0. The number of nitriles is 1. The zero-order valence-corrected chi connectivity index (χ0v) is 14.6. The number of hydrogen-bond acceptors (Lipinski definition) is 5. The Balaban J connectivity index is 1.63. The average molecular weight is 366 g/mol. The van der Waals surface area contributed by atoms with E-state index in [0.29, 0.717) is 37.6 Å². The molecule has 1 amide bonds. The fraction of sp³-hybridized carbons (Fsp3) is 0.200. The van der Waals surface area contributed by atoms with Crippen molar-refractivity contribution in [3.63, 3.8) is 0 Å². The van der Waals surface area contributed by atoms with Crippen molar-refractivity contribution >= 4 is 17.3 Å². The van der Waals surface area contributed by atoms with Gasteiger partial charge in [0, 0.05) is 44.1 Å². The molecule has 0 bridgehead atoms. The van der Waals surface area contributed by atoms with Crippen molar-refractivity contribution in [1.29, 1.82) is 5.26 Å². The Labute approximate surface area is 156 Å². The standard InChI is InChI=1S/C20H19FN4O2/c21-18-6-1-2-7-19(18)25-10-8-24(9-11-25)14-15(13-22)20(27)23-16-4-3-5-17(26)12-16/h1-7,12,14,26H,8-11H2,(H,23,27)/b15-14-. The van der Waals surface area contributed by atoms with Gasteiger partial charge in [-0.2, -0.15) is 5.26 Å². The number of amides is 1. The summed E-state index contributed by atoms with van der Waals surface area (Å²) in [4.78, 5) is 16.1. The van der Waals surface area contributed by atoms with Gasteiger partial charge in [0.2, 0.25) is 0 Å². The second-order valence-corrected chi connectivity index (χ2v) is 6.13. The van der Waals surface area contributed by atoms with Crippen LogP contribution in [0.2, 0.25) is 0 Å². The predicted octanol–water partition coefficient (Wildman–Crippen LogP) is 2.70. The fourth-order valence-electron chi connectivity index (χ4n) is 2.90. The Hall–Kier alpha value is -3.53. The number of phenols is 1. The number of halogens is 1. The predicted molar refractivity (Wildman–Crippen MR) is 101 cm³/mol. The minimum Gasteiger partial charge on any atom is -0.508 e. The van der Waals surface area contributed by atoms with Gasteiger partial charge >= 0.3 is 0 Å². The van der Waals surface area contributed by atoms with Crippen LogP contribution in [0.25, 0.3) is 0 Å². The molecule has 2 aromatic carbocycles. The molecule has 27 heavy (non-hydrogen) atoms. The molecule has 0 saturated carbocycles. The van der Waals surface area contributed by atoms with Gasteiger partial charge in [-0.25, -0.2) is 4.39 Å². The molecule has 0 unspecified atom stereocenters. The van der Waals surface area contributed by atoms with E-state index in [9.17, 15) is 19.6 Å². The first-order chi connectivity index (χ1) is 13.1. The number of phenolic OH excluding ortho intramolecular Hbond substituents is 1. The highest BCUT2D eigenvalue weighted by molar-refractivity contribution is 6.06. The lowest BCUT2D eigenvalue weighted by Crippen LogP contribution is -2.44. The first-order valence-electron chi connectivity index (χ1n) is 8.52. The second-order valence-electron chi connectivity index (χ2n) is 6.13. The van der Waals surface area contributed by atoms with Crippen LogP contribution in [0.3, 0.4) is 0 Å². The summed E-state index contributed by atoms with van der Waals surface area (Å²) in [7, 11) is 0. The molecule has 6 nitrogen and oxygen atoms in total. The highest BCUT2D eigenvalue weighted by atomic mass is 19.1. The topological polar surface area (TPSA) is 79.6 Å². The average Bonchev–Trinajstić information content (AvgIpc) is 2.67. The van der Waals surface area contributed by atoms with Gasteiger partial charge in [0.25, 0.3) is 5.91 Å². The molecule has 1 saturated heterocycles. The maximum Gasteiger partial charge on any atom is 0.267 e. The van der Waals surface area contributed by atoms with Crippen molar-refractivity contribution in [2.45, 2.75) is 0 Å². The zero-order chi connectivity index (χ0) is 19.2. The van der Waals surface area contributed by atoms with Gasteiger partial charge < -0.3 is 20.2 Å². The van der Waals surface area contributed by atoms with Crippen molar-refractivity contribution in [3.8, 4) is 11.8 Å². The van der Waals surface area contributed by atoms with Crippen LogP contribution in [-0.4, -0.2) is 42.1 Å². The Morgan fingerprint density at radius 2 is 1.89 bits per heavy atom. The van der Waals surface area contributed by atoms with E-state index in [1.54, 1.807) is 30.3 Å². The second kappa shape index (κ2) is 8.23. The number of nitrogens with one attached hydrogen (secondary N) is 1. The van der Waals surface area contributed by atoms with Gasteiger partial charge in [0.1, 0.15) is 23.2 Å². The number of piperazine rings is 1. The SMILES string of the molecule is N#C/C(=C/N1CCN(c2ccccc2F)CC1)C(=O)Nc1cccc(O)c1. The van der Waals surface area contributed by atoms with E-state index < -0.39 is 5.91 Å². The van der Waals surface area contributed by atoms with Crippen LogP contribution in [0.1, 0.15) is 0 Å². The van der Waals surface area contributed by atoms with Crippen molar-refractivity contribution in [3.05, 3.63) is 66.1 Å². The summed E-state index contributed by atoms with van der Waals surface area (Å²) in [5, 5.41) is 21.4. The third-order valence-electron chi connectivity index (χ3n) is 4.29. The van der Waals surface area contributed by atoms with E-state index in [1.165, 1.54) is 24.4 Å². The monoisotopic (exact) mass is 366 g/mol. The van der Waals surface area contributed by atoms with E-state index >= 15 is 0 Å². The lowest BCUT2D eigenvalue weighted by Gasteiger charge is -2.35. The van der Waals surface area contributed by atoms with E-state index in [2.05, 4.69) is 5.32 Å². The third kappa shape index (κ3) is 4.55. The molecule has 2 N–H and O–H groups in total. The summed E-state index contributed by atoms with van der Waals surface area (Å²) in [6.45, 7) is 2.31. The highest BCUT2D eigenvalue weighted by Crippen LogP contribution is 2.21.